The lowest BCUT2D eigenvalue weighted by Gasteiger charge is -2.31. The van der Waals surface area contributed by atoms with Crippen molar-refractivity contribution in [1.29, 1.82) is 0 Å². The van der Waals surface area contributed by atoms with Gasteiger partial charge < -0.3 is 0 Å². The van der Waals surface area contributed by atoms with Crippen molar-refractivity contribution >= 4 is 21.2 Å². The molecule has 0 saturated carbocycles. The smallest absolute Gasteiger partial charge is 0.154 e. The lowest BCUT2D eigenvalue weighted by atomic mass is 10.0. The lowest BCUT2D eigenvalue weighted by molar-refractivity contribution is 0.412. The average Bonchev–Trinajstić information content (AvgIpc) is 2.64. The van der Waals surface area contributed by atoms with Gasteiger partial charge in [0.05, 0.1) is 9.75 Å². The van der Waals surface area contributed by atoms with Crippen molar-refractivity contribution in [2.45, 2.75) is 31.1 Å². The Morgan fingerprint density at radius 2 is 2.25 bits per heavy atom. The molecule has 0 spiro atoms. The SMILES string of the molecule is CC(C)(C(Cc1nccs1)NN)S(C)(=O)=O. The third-order valence-corrected chi connectivity index (χ3v) is 5.86. The molecule has 0 saturated heterocycles. The number of thiazole rings is 1. The molecule has 0 radical (unpaired) electrons. The van der Waals surface area contributed by atoms with Crippen molar-refractivity contribution in [2.24, 2.45) is 5.84 Å². The topological polar surface area (TPSA) is 85.1 Å². The summed E-state index contributed by atoms with van der Waals surface area (Å²) >= 11 is 1.49. The molecule has 1 aromatic rings. The summed E-state index contributed by atoms with van der Waals surface area (Å²) in [6, 6.07) is -0.353. The van der Waals surface area contributed by atoms with E-state index in [0.29, 0.717) is 6.42 Å². The van der Waals surface area contributed by atoms with Gasteiger partial charge in [-0.2, -0.15) is 0 Å². The second kappa shape index (κ2) is 4.79. The van der Waals surface area contributed by atoms with Crippen LogP contribution in [0.3, 0.4) is 0 Å². The van der Waals surface area contributed by atoms with E-state index < -0.39 is 14.6 Å². The lowest BCUT2D eigenvalue weighted by Crippen LogP contribution is -2.55. The first-order chi connectivity index (χ1) is 7.29. The van der Waals surface area contributed by atoms with E-state index >= 15 is 0 Å². The molecule has 0 amide bonds. The second-order valence-electron chi connectivity index (χ2n) is 4.22. The van der Waals surface area contributed by atoms with E-state index in [1.807, 2.05) is 5.38 Å². The Kier molecular flexibility index (Phi) is 4.06. The van der Waals surface area contributed by atoms with Gasteiger partial charge in [-0.25, -0.2) is 13.4 Å². The molecule has 1 heterocycles. The molecule has 92 valence electrons. The fourth-order valence-electron chi connectivity index (χ4n) is 1.29. The summed E-state index contributed by atoms with van der Waals surface area (Å²) in [5.41, 5.74) is 2.57. The largest absolute Gasteiger partial charge is 0.271 e. The maximum atomic E-state index is 11.7. The second-order valence-corrected chi connectivity index (χ2v) is 7.80. The maximum absolute atomic E-state index is 11.7. The highest BCUT2D eigenvalue weighted by molar-refractivity contribution is 7.92. The first kappa shape index (κ1) is 13.6. The number of rotatable bonds is 5. The minimum atomic E-state index is -3.18. The van der Waals surface area contributed by atoms with Crippen molar-refractivity contribution in [2.75, 3.05) is 6.26 Å². The third-order valence-electron chi connectivity index (χ3n) is 2.86. The number of sulfone groups is 1. The molecule has 1 aromatic heterocycles. The molecule has 5 nitrogen and oxygen atoms in total. The highest BCUT2D eigenvalue weighted by Gasteiger charge is 2.38. The van der Waals surface area contributed by atoms with Crippen LogP contribution in [0.5, 0.6) is 0 Å². The van der Waals surface area contributed by atoms with E-state index in [-0.39, 0.29) is 6.04 Å². The van der Waals surface area contributed by atoms with Gasteiger partial charge in [-0.1, -0.05) is 0 Å². The molecular formula is C9H17N3O2S2. The molecule has 3 N–H and O–H groups in total. The van der Waals surface area contributed by atoms with E-state index in [9.17, 15) is 8.42 Å². The number of nitrogens with zero attached hydrogens (tertiary/aromatic N) is 1. The quantitative estimate of drug-likeness (QED) is 0.591. The number of aromatic nitrogens is 1. The minimum Gasteiger partial charge on any atom is -0.271 e. The molecule has 1 atom stereocenters. The van der Waals surface area contributed by atoms with Crippen LogP contribution in [0, 0.1) is 0 Å². The summed E-state index contributed by atoms with van der Waals surface area (Å²) in [6.45, 7) is 3.33. The van der Waals surface area contributed by atoms with Crippen LogP contribution in [0.4, 0.5) is 0 Å². The van der Waals surface area contributed by atoms with Crippen LogP contribution in [0.2, 0.25) is 0 Å². The Hall–Kier alpha value is -0.500. The van der Waals surface area contributed by atoms with E-state index in [0.717, 1.165) is 5.01 Å². The minimum absolute atomic E-state index is 0.353. The number of nitrogens with one attached hydrogen (secondary N) is 1. The third kappa shape index (κ3) is 2.79. The summed E-state index contributed by atoms with van der Waals surface area (Å²) in [7, 11) is -3.18. The van der Waals surface area contributed by atoms with Crippen LogP contribution < -0.4 is 11.3 Å². The van der Waals surface area contributed by atoms with Crippen molar-refractivity contribution in [3.63, 3.8) is 0 Å². The van der Waals surface area contributed by atoms with Gasteiger partial charge in [0.2, 0.25) is 0 Å². The maximum Gasteiger partial charge on any atom is 0.154 e. The monoisotopic (exact) mass is 263 g/mol. The first-order valence-electron chi connectivity index (χ1n) is 4.83. The van der Waals surface area contributed by atoms with Crippen LogP contribution >= 0.6 is 11.3 Å². The molecule has 0 aliphatic carbocycles. The van der Waals surface area contributed by atoms with E-state index in [1.54, 1.807) is 20.0 Å². The number of nitrogens with two attached hydrogens (primary N) is 1. The van der Waals surface area contributed by atoms with Crippen molar-refractivity contribution < 1.29 is 8.42 Å². The van der Waals surface area contributed by atoms with Gasteiger partial charge in [0.15, 0.2) is 9.84 Å². The Morgan fingerprint density at radius 3 is 2.62 bits per heavy atom. The van der Waals surface area contributed by atoms with Gasteiger partial charge >= 0.3 is 0 Å². The van der Waals surface area contributed by atoms with Crippen LogP contribution in [-0.2, 0) is 16.3 Å². The molecule has 1 rings (SSSR count). The molecule has 0 fully saturated rings. The molecular weight excluding hydrogens is 246 g/mol. The van der Waals surface area contributed by atoms with Crippen LogP contribution in [-0.4, -0.2) is 30.4 Å². The summed E-state index contributed by atoms with van der Waals surface area (Å²) in [6.07, 6.45) is 3.43. The van der Waals surface area contributed by atoms with E-state index in [4.69, 9.17) is 5.84 Å². The number of hydrazine groups is 1. The van der Waals surface area contributed by atoms with Crippen molar-refractivity contribution in [3.05, 3.63) is 16.6 Å². The number of hydrogen-bond donors (Lipinski definition) is 2. The summed E-state index contributed by atoms with van der Waals surface area (Å²) in [5, 5.41) is 2.73. The van der Waals surface area contributed by atoms with Crippen LogP contribution in [0.1, 0.15) is 18.9 Å². The molecule has 0 aromatic carbocycles. The normalized spacial score (nSPS) is 15.0. The average molecular weight is 263 g/mol. The van der Waals surface area contributed by atoms with Crippen molar-refractivity contribution in [1.82, 2.24) is 10.4 Å². The molecule has 0 bridgehead atoms. The fourth-order valence-corrected chi connectivity index (χ4v) is 2.62. The highest BCUT2D eigenvalue weighted by Crippen LogP contribution is 2.23. The zero-order valence-corrected chi connectivity index (χ0v) is 11.2. The zero-order chi connectivity index (χ0) is 12.4. The summed E-state index contributed by atoms with van der Waals surface area (Å²) in [5.74, 6) is 5.43. The Balaban J connectivity index is 2.91. The summed E-state index contributed by atoms with van der Waals surface area (Å²) in [4.78, 5) is 4.13. The predicted molar refractivity (Wildman–Crippen MR) is 65.9 cm³/mol. The fraction of sp³-hybridized carbons (Fsp3) is 0.667. The highest BCUT2D eigenvalue weighted by atomic mass is 32.2. The van der Waals surface area contributed by atoms with Gasteiger partial charge in [-0.3, -0.25) is 11.3 Å². The van der Waals surface area contributed by atoms with Crippen LogP contribution in [0.25, 0.3) is 0 Å². The Morgan fingerprint density at radius 1 is 1.62 bits per heavy atom. The zero-order valence-electron chi connectivity index (χ0n) is 9.60. The standard InChI is InChI=1S/C9H17N3O2S2/c1-9(2,16(3,13)14)7(12-10)6-8-11-4-5-15-8/h4-5,7,12H,6,10H2,1-3H3. The van der Waals surface area contributed by atoms with Gasteiger partial charge in [0.1, 0.15) is 0 Å². The molecule has 0 aliphatic heterocycles. The van der Waals surface area contributed by atoms with Gasteiger partial charge in [0, 0.05) is 30.3 Å². The van der Waals surface area contributed by atoms with Crippen LogP contribution in [0.15, 0.2) is 11.6 Å². The Bertz CT molecular complexity index is 426. The van der Waals surface area contributed by atoms with Gasteiger partial charge in [-0.05, 0) is 13.8 Å². The van der Waals surface area contributed by atoms with Gasteiger partial charge in [-0.15, -0.1) is 11.3 Å². The molecule has 1 unspecified atom stereocenters. The molecule has 16 heavy (non-hydrogen) atoms. The molecule has 7 heteroatoms. The van der Waals surface area contributed by atoms with E-state index in [2.05, 4.69) is 10.4 Å². The van der Waals surface area contributed by atoms with Crippen molar-refractivity contribution in [3.8, 4) is 0 Å². The number of hydrogen-bond acceptors (Lipinski definition) is 6. The Labute approximate surface area is 100.0 Å². The van der Waals surface area contributed by atoms with Gasteiger partial charge in [0.25, 0.3) is 0 Å². The molecule has 0 aliphatic rings. The van der Waals surface area contributed by atoms with E-state index in [1.165, 1.54) is 17.6 Å². The first-order valence-corrected chi connectivity index (χ1v) is 7.60. The summed E-state index contributed by atoms with van der Waals surface area (Å²) < 4.78 is 22.4. The predicted octanol–water partition coefficient (Wildman–Crippen LogP) is 0.341.